The highest BCUT2D eigenvalue weighted by Crippen LogP contribution is 2.36. The van der Waals surface area contributed by atoms with E-state index in [4.69, 9.17) is 0 Å². The third-order valence-electron chi connectivity index (χ3n) is 9.67. The molecule has 7 nitrogen and oxygen atoms in total. The third-order valence-corrected chi connectivity index (χ3v) is 9.67. The summed E-state index contributed by atoms with van der Waals surface area (Å²) >= 11 is 0. The topological polar surface area (TPSA) is 71.7 Å². The summed E-state index contributed by atoms with van der Waals surface area (Å²) in [6.45, 7) is 4.03. The molecule has 222 valence electrons. The van der Waals surface area contributed by atoms with Crippen molar-refractivity contribution in [1.82, 2.24) is 21.1 Å². The summed E-state index contributed by atoms with van der Waals surface area (Å²) in [6.07, 6.45) is 9.25. The number of fused-ring (bicyclic) bond motifs is 1. The van der Waals surface area contributed by atoms with Crippen LogP contribution in [0.2, 0.25) is 0 Å². The molecule has 0 bridgehead atoms. The molecule has 9 heteroatoms. The Kier molecular flexibility index (Phi) is 8.74. The highest BCUT2D eigenvalue weighted by atomic mass is 19.1. The first kappa shape index (κ1) is 28.4. The quantitative estimate of drug-likeness (QED) is 0.391. The number of carbonyl (C=O) groups is 1. The van der Waals surface area contributed by atoms with E-state index in [-0.39, 0.29) is 24.0 Å². The van der Waals surface area contributed by atoms with Gasteiger partial charge in [0, 0.05) is 61.6 Å². The fourth-order valence-corrected chi connectivity index (χ4v) is 7.34. The molecule has 2 aliphatic heterocycles. The second-order valence-electron chi connectivity index (χ2n) is 12.7. The van der Waals surface area contributed by atoms with Gasteiger partial charge < -0.3 is 20.4 Å². The number of halogens is 2. The number of hydrazine groups is 1. The number of benzene rings is 2. The zero-order valence-electron chi connectivity index (χ0n) is 24.1. The lowest BCUT2D eigenvalue weighted by atomic mass is 9.75. The molecule has 2 aromatic carbocycles. The summed E-state index contributed by atoms with van der Waals surface area (Å²) in [4.78, 5) is 18.6. The van der Waals surface area contributed by atoms with Gasteiger partial charge in [0.05, 0.1) is 11.7 Å². The lowest BCUT2D eigenvalue weighted by molar-refractivity contribution is 0.0911. The summed E-state index contributed by atoms with van der Waals surface area (Å²) in [6, 6.07) is 10.7. The Morgan fingerprint density at radius 2 is 1.68 bits per heavy atom. The monoisotopic (exact) mass is 566 g/mol. The molecule has 4 fully saturated rings. The minimum Gasteiger partial charge on any atom is -0.382 e. The third kappa shape index (κ3) is 6.84. The summed E-state index contributed by atoms with van der Waals surface area (Å²) in [5.74, 6) is -0.624. The first-order valence-electron chi connectivity index (χ1n) is 15.5. The van der Waals surface area contributed by atoms with Gasteiger partial charge in [-0.15, -0.1) is 0 Å². The number of carbonyl (C=O) groups excluding carboxylic acids is 1. The number of nitrogens with one attached hydrogen (secondary N) is 4. The molecule has 0 spiro atoms. The molecule has 1 amide bonds. The van der Waals surface area contributed by atoms with Crippen LogP contribution >= 0.6 is 0 Å². The molecule has 2 heterocycles. The van der Waals surface area contributed by atoms with E-state index in [9.17, 15) is 13.6 Å². The van der Waals surface area contributed by atoms with Gasteiger partial charge in [-0.3, -0.25) is 10.2 Å². The summed E-state index contributed by atoms with van der Waals surface area (Å²) in [5.41, 5.74) is 10.2. The summed E-state index contributed by atoms with van der Waals surface area (Å²) in [7, 11) is 2.16. The number of amides is 1. The lowest BCUT2D eigenvalue weighted by Crippen LogP contribution is -2.47. The Labute approximate surface area is 242 Å². The van der Waals surface area contributed by atoms with Crippen LogP contribution in [0.4, 0.5) is 20.2 Å². The first-order valence-corrected chi connectivity index (χ1v) is 15.5. The predicted molar refractivity (Wildman–Crippen MR) is 159 cm³/mol. The number of likely N-dealkylation sites (N-methyl/N-ethyl adjacent to an activating group) is 1. The van der Waals surface area contributed by atoms with Crippen molar-refractivity contribution >= 4 is 17.3 Å². The van der Waals surface area contributed by atoms with Crippen molar-refractivity contribution in [3.63, 3.8) is 0 Å². The Morgan fingerprint density at radius 3 is 2.44 bits per heavy atom. The summed E-state index contributed by atoms with van der Waals surface area (Å²) < 4.78 is 27.5. The molecule has 0 radical (unpaired) electrons. The molecular weight excluding hydrogens is 522 g/mol. The maximum absolute atomic E-state index is 13.8. The molecule has 4 aliphatic rings. The van der Waals surface area contributed by atoms with Gasteiger partial charge in [-0.2, -0.15) is 0 Å². The van der Waals surface area contributed by atoms with Crippen LogP contribution < -0.4 is 26.4 Å². The molecule has 4 N–H and O–H groups in total. The first-order chi connectivity index (χ1) is 19.9. The van der Waals surface area contributed by atoms with Crippen LogP contribution in [-0.2, 0) is 6.42 Å². The standard InChI is InChI=1S/C32H44F2N6O/c1-39-11-13-40(14-12-39)26-8-9-27(30(20-26)35-25-5-3-2-4-6-25)32(41)36-31-28-18-21(7-10-29(28)37-38-31)15-22-16-23(33)19-24(34)17-22/h8-9,16-17,19-21,25,28-29,31,35,37-38H,2-7,10-15,18H2,1H3,(H,36,41). The largest absolute Gasteiger partial charge is 0.382 e. The molecule has 0 aromatic heterocycles. The van der Waals surface area contributed by atoms with Gasteiger partial charge in [0.2, 0.25) is 0 Å². The molecule has 4 atom stereocenters. The van der Waals surface area contributed by atoms with Crippen LogP contribution in [0.15, 0.2) is 36.4 Å². The minimum absolute atomic E-state index is 0.0810. The summed E-state index contributed by atoms with van der Waals surface area (Å²) in [5, 5.41) is 7.03. The highest BCUT2D eigenvalue weighted by Gasteiger charge is 2.41. The molecule has 6 rings (SSSR count). The van der Waals surface area contributed by atoms with Crippen molar-refractivity contribution in [1.29, 1.82) is 0 Å². The molecular formula is C32H44F2N6O. The van der Waals surface area contributed by atoms with E-state index in [1.54, 1.807) is 0 Å². The van der Waals surface area contributed by atoms with E-state index >= 15 is 0 Å². The smallest absolute Gasteiger partial charge is 0.254 e. The van der Waals surface area contributed by atoms with Gasteiger partial charge in [0.15, 0.2) is 0 Å². The van der Waals surface area contributed by atoms with Gasteiger partial charge >= 0.3 is 0 Å². The normalized spacial score (nSPS) is 27.4. The van der Waals surface area contributed by atoms with E-state index in [2.05, 4.69) is 50.5 Å². The second kappa shape index (κ2) is 12.6. The van der Waals surface area contributed by atoms with Crippen LogP contribution in [0.5, 0.6) is 0 Å². The SMILES string of the molecule is CN1CCN(c2ccc(C(=O)NC3NNC4CCC(Cc5cc(F)cc(F)c5)CC43)c(NC3CCCCC3)c2)CC1. The molecule has 4 unspecified atom stereocenters. The van der Waals surface area contributed by atoms with Crippen molar-refractivity contribution < 1.29 is 13.6 Å². The zero-order valence-corrected chi connectivity index (χ0v) is 24.1. The minimum atomic E-state index is -0.528. The maximum atomic E-state index is 13.8. The average molecular weight is 567 g/mol. The number of anilines is 2. The number of piperazine rings is 1. The number of hydrogen-bond acceptors (Lipinski definition) is 6. The fraction of sp³-hybridized carbons (Fsp3) is 0.594. The molecule has 2 saturated carbocycles. The van der Waals surface area contributed by atoms with E-state index < -0.39 is 11.6 Å². The van der Waals surface area contributed by atoms with Crippen molar-refractivity contribution in [3.05, 3.63) is 59.2 Å². The lowest BCUT2D eigenvalue weighted by Gasteiger charge is -2.35. The van der Waals surface area contributed by atoms with Gasteiger partial charge in [0.1, 0.15) is 11.6 Å². The molecule has 41 heavy (non-hydrogen) atoms. The number of rotatable bonds is 7. The number of hydrogen-bond donors (Lipinski definition) is 4. The Bertz CT molecular complexity index is 1190. The van der Waals surface area contributed by atoms with E-state index in [1.807, 2.05) is 6.07 Å². The van der Waals surface area contributed by atoms with Crippen molar-refractivity contribution in [3.8, 4) is 0 Å². The zero-order chi connectivity index (χ0) is 28.3. The highest BCUT2D eigenvalue weighted by molar-refractivity contribution is 6.00. The average Bonchev–Trinajstić information content (AvgIpc) is 3.35. The van der Waals surface area contributed by atoms with Crippen molar-refractivity contribution in [2.45, 2.75) is 76.0 Å². The Balaban J connectivity index is 1.15. The number of nitrogens with zero attached hydrogens (tertiary/aromatic N) is 2. The van der Waals surface area contributed by atoms with E-state index in [0.29, 0.717) is 29.5 Å². The van der Waals surface area contributed by atoms with Crippen LogP contribution in [0.25, 0.3) is 0 Å². The van der Waals surface area contributed by atoms with Crippen LogP contribution in [0.1, 0.15) is 67.3 Å². The second-order valence-corrected chi connectivity index (χ2v) is 12.7. The van der Waals surface area contributed by atoms with Crippen molar-refractivity contribution in [2.24, 2.45) is 11.8 Å². The van der Waals surface area contributed by atoms with Crippen LogP contribution in [0, 0.1) is 23.5 Å². The molecule has 2 aromatic rings. The van der Waals surface area contributed by atoms with Crippen LogP contribution in [-0.4, -0.2) is 62.3 Å². The van der Waals surface area contributed by atoms with E-state index in [1.165, 1.54) is 31.4 Å². The molecule has 2 aliphatic carbocycles. The van der Waals surface area contributed by atoms with Gasteiger partial charge in [-0.05, 0) is 87.4 Å². The van der Waals surface area contributed by atoms with E-state index in [0.717, 1.165) is 75.7 Å². The Hall–Kier alpha value is -2.75. The van der Waals surface area contributed by atoms with Crippen molar-refractivity contribution in [2.75, 3.05) is 43.4 Å². The predicted octanol–water partition coefficient (Wildman–Crippen LogP) is 4.65. The van der Waals surface area contributed by atoms with Gasteiger partial charge in [-0.25, -0.2) is 14.2 Å². The van der Waals surface area contributed by atoms with Gasteiger partial charge in [-0.1, -0.05) is 19.3 Å². The van der Waals surface area contributed by atoms with Gasteiger partial charge in [0.25, 0.3) is 5.91 Å². The Morgan fingerprint density at radius 1 is 0.927 bits per heavy atom. The molecule has 2 saturated heterocycles. The van der Waals surface area contributed by atoms with Crippen LogP contribution in [0.3, 0.4) is 0 Å². The maximum Gasteiger partial charge on any atom is 0.254 e. The fourth-order valence-electron chi connectivity index (χ4n) is 7.34.